The largest absolute Gasteiger partial charge is 0.294 e. The highest BCUT2D eigenvalue weighted by atomic mass is 19.1. The summed E-state index contributed by atoms with van der Waals surface area (Å²) in [5.41, 5.74) is 4.20. The van der Waals surface area contributed by atoms with Crippen LogP contribution in [-0.4, -0.2) is 23.2 Å². The molecule has 0 saturated heterocycles. The Hall–Kier alpha value is -1.67. The highest BCUT2D eigenvalue weighted by molar-refractivity contribution is 5.26. The van der Waals surface area contributed by atoms with Gasteiger partial charge >= 0.3 is 0 Å². The lowest BCUT2D eigenvalue weighted by Crippen LogP contribution is -2.38. The average Bonchev–Trinajstić information content (AvgIpc) is 2.72. The van der Waals surface area contributed by atoms with Gasteiger partial charge in [0, 0.05) is 18.6 Å². The minimum atomic E-state index is -0.572. The molecule has 1 fully saturated rings. The van der Waals surface area contributed by atoms with E-state index in [2.05, 4.69) is 80.3 Å². The standard InChI is InChI=1S/C26H36FN/c1-20(2)28(19-23-7-5-4-6-8-23)21(3)9-10-22-11-13-24(14-12-22)25-15-17-26(27)18-16-25/h4-8,11-14,20-21,25-26H,9-10,15-19H2,1-3H3. The fourth-order valence-electron chi connectivity index (χ4n) is 4.53. The lowest BCUT2D eigenvalue weighted by molar-refractivity contribution is 0.147. The molecule has 0 heterocycles. The van der Waals surface area contributed by atoms with Gasteiger partial charge in [-0.2, -0.15) is 0 Å². The van der Waals surface area contributed by atoms with Gasteiger partial charge in [0.05, 0.1) is 0 Å². The van der Waals surface area contributed by atoms with Gasteiger partial charge in [0.25, 0.3) is 0 Å². The van der Waals surface area contributed by atoms with Crippen LogP contribution in [0.3, 0.4) is 0 Å². The van der Waals surface area contributed by atoms with Gasteiger partial charge in [-0.05, 0) is 81.9 Å². The zero-order valence-corrected chi connectivity index (χ0v) is 17.8. The van der Waals surface area contributed by atoms with Gasteiger partial charge in [0.2, 0.25) is 0 Å². The predicted octanol–water partition coefficient (Wildman–Crippen LogP) is 6.91. The number of nitrogens with zero attached hydrogens (tertiary/aromatic N) is 1. The number of hydrogen-bond donors (Lipinski definition) is 0. The van der Waals surface area contributed by atoms with Gasteiger partial charge in [-0.15, -0.1) is 0 Å². The molecule has 152 valence electrons. The van der Waals surface area contributed by atoms with E-state index in [1.165, 1.54) is 16.7 Å². The average molecular weight is 382 g/mol. The minimum Gasteiger partial charge on any atom is -0.294 e. The number of rotatable bonds is 8. The molecule has 28 heavy (non-hydrogen) atoms. The Balaban J connectivity index is 1.53. The molecule has 0 spiro atoms. The molecule has 1 aliphatic carbocycles. The molecule has 0 radical (unpaired) electrons. The molecule has 1 atom stereocenters. The molecular weight excluding hydrogens is 345 g/mol. The Labute approximate surface area is 171 Å². The van der Waals surface area contributed by atoms with Crippen LogP contribution < -0.4 is 0 Å². The molecule has 1 aliphatic rings. The first-order valence-electron chi connectivity index (χ1n) is 11.1. The summed E-state index contributed by atoms with van der Waals surface area (Å²) in [5.74, 6) is 0.558. The highest BCUT2D eigenvalue weighted by Crippen LogP contribution is 2.34. The van der Waals surface area contributed by atoms with E-state index >= 15 is 0 Å². The van der Waals surface area contributed by atoms with Crippen LogP contribution in [0, 0.1) is 0 Å². The van der Waals surface area contributed by atoms with Crippen molar-refractivity contribution in [3.63, 3.8) is 0 Å². The van der Waals surface area contributed by atoms with Crippen LogP contribution in [0.2, 0.25) is 0 Å². The lowest BCUT2D eigenvalue weighted by atomic mass is 9.83. The fourth-order valence-corrected chi connectivity index (χ4v) is 4.53. The zero-order chi connectivity index (χ0) is 19.9. The molecule has 0 bridgehead atoms. The minimum absolute atomic E-state index is 0.531. The van der Waals surface area contributed by atoms with Crippen molar-refractivity contribution in [1.82, 2.24) is 4.90 Å². The molecule has 3 rings (SSSR count). The third kappa shape index (κ3) is 5.91. The monoisotopic (exact) mass is 381 g/mol. The van der Waals surface area contributed by atoms with E-state index in [-0.39, 0.29) is 0 Å². The second kappa shape index (κ2) is 10.2. The van der Waals surface area contributed by atoms with Crippen molar-refractivity contribution < 1.29 is 4.39 Å². The van der Waals surface area contributed by atoms with Crippen LogP contribution in [0.5, 0.6) is 0 Å². The molecule has 1 nitrogen and oxygen atoms in total. The van der Waals surface area contributed by atoms with Crippen LogP contribution in [0.15, 0.2) is 54.6 Å². The molecule has 2 aromatic rings. The van der Waals surface area contributed by atoms with Crippen LogP contribution in [0.4, 0.5) is 4.39 Å². The normalized spacial score (nSPS) is 21.2. The summed E-state index contributed by atoms with van der Waals surface area (Å²) in [6.07, 6.45) is 5.17. The van der Waals surface area contributed by atoms with Crippen molar-refractivity contribution >= 4 is 0 Å². The summed E-state index contributed by atoms with van der Waals surface area (Å²) in [6, 6.07) is 21.0. The Morgan fingerprint density at radius 1 is 0.857 bits per heavy atom. The summed E-state index contributed by atoms with van der Waals surface area (Å²) in [5, 5.41) is 0. The van der Waals surface area contributed by atoms with Crippen molar-refractivity contribution in [2.24, 2.45) is 0 Å². The molecule has 1 unspecified atom stereocenters. The van der Waals surface area contributed by atoms with Crippen LogP contribution in [0.1, 0.15) is 75.5 Å². The molecular formula is C26H36FN. The maximum atomic E-state index is 13.4. The molecule has 1 saturated carbocycles. The smallest absolute Gasteiger partial charge is 0.100 e. The van der Waals surface area contributed by atoms with Crippen LogP contribution >= 0.6 is 0 Å². The van der Waals surface area contributed by atoms with Gasteiger partial charge < -0.3 is 0 Å². The second-order valence-electron chi connectivity index (χ2n) is 8.83. The lowest BCUT2D eigenvalue weighted by Gasteiger charge is -2.33. The summed E-state index contributed by atoms with van der Waals surface area (Å²) in [4.78, 5) is 2.60. The molecule has 2 heteroatoms. The summed E-state index contributed by atoms with van der Waals surface area (Å²) in [7, 11) is 0. The molecule has 0 amide bonds. The van der Waals surface area contributed by atoms with Crippen LogP contribution in [0.25, 0.3) is 0 Å². The van der Waals surface area contributed by atoms with Crippen molar-refractivity contribution in [1.29, 1.82) is 0 Å². The van der Waals surface area contributed by atoms with Crippen LogP contribution in [-0.2, 0) is 13.0 Å². The van der Waals surface area contributed by atoms with E-state index in [1.807, 2.05) is 0 Å². The first-order valence-corrected chi connectivity index (χ1v) is 11.1. The summed E-state index contributed by atoms with van der Waals surface area (Å²) >= 11 is 0. The maximum absolute atomic E-state index is 13.4. The van der Waals surface area contributed by atoms with Crippen molar-refractivity contribution in [2.45, 2.75) is 90.0 Å². The van der Waals surface area contributed by atoms with Crippen molar-refractivity contribution in [3.05, 3.63) is 71.3 Å². The topological polar surface area (TPSA) is 3.24 Å². The Kier molecular flexibility index (Phi) is 7.67. The van der Waals surface area contributed by atoms with Crippen molar-refractivity contribution in [2.75, 3.05) is 0 Å². The molecule has 0 aliphatic heterocycles. The summed E-state index contributed by atoms with van der Waals surface area (Å²) in [6.45, 7) is 7.95. The van der Waals surface area contributed by atoms with E-state index in [0.29, 0.717) is 18.0 Å². The Morgan fingerprint density at radius 3 is 2.11 bits per heavy atom. The number of aryl methyl sites for hydroxylation is 1. The number of benzene rings is 2. The van der Waals surface area contributed by atoms with E-state index in [0.717, 1.165) is 45.1 Å². The van der Waals surface area contributed by atoms with Gasteiger partial charge in [-0.1, -0.05) is 54.6 Å². The van der Waals surface area contributed by atoms with Gasteiger partial charge in [0.15, 0.2) is 0 Å². The highest BCUT2D eigenvalue weighted by Gasteiger charge is 2.22. The predicted molar refractivity (Wildman–Crippen MR) is 117 cm³/mol. The molecule has 0 N–H and O–H groups in total. The number of hydrogen-bond acceptors (Lipinski definition) is 1. The van der Waals surface area contributed by atoms with Crippen molar-refractivity contribution in [3.8, 4) is 0 Å². The zero-order valence-electron chi connectivity index (χ0n) is 17.8. The van der Waals surface area contributed by atoms with E-state index in [1.54, 1.807) is 0 Å². The van der Waals surface area contributed by atoms with E-state index in [4.69, 9.17) is 0 Å². The Bertz CT molecular complexity index is 686. The first kappa shape index (κ1) is 21.0. The Morgan fingerprint density at radius 2 is 1.50 bits per heavy atom. The van der Waals surface area contributed by atoms with E-state index in [9.17, 15) is 4.39 Å². The van der Waals surface area contributed by atoms with Gasteiger partial charge in [-0.3, -0.25) is 4.90 Å². The SMILES string of the molecule is CC(C)N(Cc1ccccc1)C(C)CCc1ccc(C2CCC(F)CC2)cc1. The number of alkyl halides is 1. The van der Waals surface area contributed by atoms with Gasteiger partial charge in [0.1, 0.15) is 6.17 Å². The van der Waals surface area contributed by atoms with E-state index < -0.39 is 6.17 Å². The fraction of sp³-hybridized carbons (Fsp3) is 0.538. The third-order valence-electron chi connectivity index (χ3n) is 6.40. The second-order valence-corrected chi connectivity index (χ2v) is 8.83. The maximum Gasteiger partial charge on any atom is 0.100 e. The molecule has 2 aromatic carbocycles. The quantitative estimate of drug-likeness (QED) is 0.480. The first-order chi connectivity index (χ1) is 13.5. The number of halogens is 1. The molecule has 0 aromatic heterocycles. The third-order valence-corrected chi connectivity index (χ3v) is 6.40. The summed E-state index contributed by atoms with van der Waals surface area (Å²) < 4.78 is 13.4. The van der Waals surface area contributed by atoms with Gasteiger partial charge in [-0.25, -0.2) is 4.39 Å².